The Kier molecular flexibility index (Phi) is 8.69. The summed E-state index contributed by atoms with van der Waals surface area (Å²) in [6.07, 6.45) is -1.08. The summed E-state index contributed by atoms with van der Waals surface area (Å²) in [7, 11) is -3.91. The molecule has 0 bridgehead atoms. The molecule has 1 aromatic heterocycles. The molecule has 0 amide bonds. The second-order valence-electron chi connectivity index (χ2n) is 8.26. The van der Waals surface area contributed by atoms with Gasteiger partial charge in [-0.3, -0.25) is 4.79 Å². The number of aromatic nitrogens is 2. The maximum Gasteiger partial charge on any atom is 0.345 e. The Bertz CT molecular complexity index is 1460. The Hall–Kier alpha value is -4.26. The summed E-state index contributed by atoms with van der Waals surface area (Å²) in [5, 5.41) is 3.21. The summed E-state index contributed by atoms with van der Waals surface area (Å²) in [5.74, 6) is -0.600. The van der Waals surface area contributed by atoms with Crippen LogP contribution in [0.5, 0.6) is 5.75 Å². The number of fused-ring (bicyclic) bond motifs is 1. The van der Waals surface area contributed by atoms with Gasteiger partial charge in [0, 0.05) is 6.54 Å². The fourth-order valence-electron chi connectivity index (χ4n) is 3.48. The SMILES string of the molecule is N[C@H](CC(=O)OC(=O)c1ccc(OCCCNc2nc3ccccc3[nH]2)cc1)NS(=O)(=O)c1ccccc1. The number of nitrogens with zero attached hydrogens (tertiary/aromatic N) is 1. The lowest BCUT2D eigenvalue weighted by molar-refractivity contribution is -0.138. The average molecular weight is 538 g/mol. The number of nitrogens with two attached hydrogens (primary N) is 1. The first-order chi connectivity index (χ1) is 18.3. The van der Waals surface area contributed by atoms with Gasteiger partial charge in [-0.2, -0.15) is 4.72 Å². The lowest BCUT2D eigenvalue weighted by atomic mass is 10.2. The number of carbonyl (C=O) groups excluding carboxylic acids is 2. The van der Waals surface area contributed by atoms with E-state index < -0.39 is 34.5 Å². The van der Waals surface area contributed by atoms with Gasteiger partial charge in [-0.15, -0.1) is 0 Å². The number of imidazole rings is 1. The molecule has 5 N–H and O–H groups in total. The van der Waals surface area contributed by atoms with Crippen LogP contribution in [0.3, 0.4) is 0 Å². The number of benzene rings is 3. The largest absolute Gasteiger partial charge is 0.494 e. The van der Waals surface area contributed by atoms with Gasteiger partial charge >= 0.3 is 11.9 Å². The smallest absolute Gasteiger partial charge is 0.345 e. The molecule has 0 unspecified atom stereocenters. The Balaban J connectivity index is 1.17. The molecule has 4 aromatic rings. The molecule has 4 rings (SSSR count). The Labute approximate surface area is 219 Å². The molecule has 0 aliphatic heterocycles. The van der Waals surface area contributed by atoms with Gasteiger partial charge in [0.2, 0.25) is 16.0 Å². The molecule has 11 nitrogen and oxygen atoms in total. The molecule has 12 heteroatoms. The predicted molar refractivity (Wildman–Crippen MR) is 141 cm³/mol. The highest BCUT2D eigenvalue weighted by molar-refractivity contribution is 7.89. The lowest BCUT2D eigenvalue weighted by Gasteiger charge is -2.13. The summed E-state index contributed by atoms with van der Waals surface area (Å²) < 4.78 is 37.2. The van der Waals surface area contributed by atoms with Crippen LogP contribution in [0, 0.1) is 0 Å². The van der Waals surface area contributed by atoms with Crippen molar-refractivity contribution in [2.24, 2.45) is 5.73 Å². The van der Waals surface area contributed by atoms with Crippen LogP contribution in [-0.2, 0) is 19.6 Å². The second-order valence-corrected chi connectivity index (χ2v) is 9.98. The van der Waals surface area contributed by atoms with E-state index in [0.29, 0.717) is 31.3 Å². The zero-order chi connectivity index (χ0) is 27.0. The molecule has 1 heterocycles. The van der Waals surface area contributed by atoms with Crippen molar-refractivity contribution in [3.63, 3.8) is 0 Å². The van der Waals surface area contributed by atoms with Crippen LogP contribution < -0.4 is 20.5 Å². The van der Waals surface area contributed by atoms with E-state index in [1.165, 1.54) is 24.3 Å². The van der Waals surface area contributed by atoms with Crippen molar-refractivity contribution in [3.8, 4) is 5.75 Å². The number of rotatable bonds is 12. The van der Waals surface area contributed by atoms with E-state index in [-0.39, 0.29) is 10.5 Å². The molecule has 3 aromatic carbocycles. The van der Waals surface area contributed by atoms with Crippen LogP contribution in [0.1, 0.15) is 23.2 Å². The molecule has 198 valence electrons. The van der Waals surface area contributed by atoms with Gasteiger partial charge in [0.25, 0.3) is 0 Å². The monoisotopic (exact) mass is 537 g/mol. The summed E-state index contributed by atoms with van der Waals surface area (Å²) in [6, 6.07) is 21.5. The number of H-pyrrole nitrogens is 1. The van der Waals surface area contributed by atoms with E-state index in [1.807, 2.05) is 24.3 Å². The molecule has 0 radical (unpaired) electrons. The van der Waals surface area contributed by atoms with Gasteiger partial charge in [-0.25, -0.2) is 18.2 Å². The zero-order valence-electron chi connectivity index (χ0n) is 20.3. The fraction of sp³-hybridized carbons (Fsp3) is 0.192. The van der Waals surface area contributed by atoms with E-state index in [0.717, 1.165) is 11.0 Å². The highest BCUT2D eigenvalue weighted by Gasteiger charge is 2.21. The number of sulfonamides is 1. The van der Waals surface area contributed by atoms with Crippen LogP contribution in [0.2, 0.25) is 0 Å². The van der Waals surface area contributed by atoms with Crippen molar-refractivity contribution < 1.29 is 27.5 Å². The summed E-state index contributed by atoms with van der Waals surface area (Å²) in [6.45, 7) is 1.09. The minimum absolute atomic E-state index is 0.00432. The third-order valence-electron chi connectivity index (χ3n) is 5.31. The third kappa shape index (κ3) is 7.38. The molecule has 1 atom stereocenters. The molecule has 38 heavy (non-hydrogen) atoms. The van der Waals surface area contributed by atoms with E-state index >= 15 is 0 Å². The van der Waals surface area contributed by atoms with Crippen LogP contribution >= 0.6 is 0 Å². The second kappa shape index (κ2) is 12.3. The molecule has 0 spiro atoms. The Morgan fingerprint density at radius 3 is 2.42 bits per heavy atom. The predicted octanol–water partition coefficient (Wildman–Crippen LogP) is 2.78. The number of hydrogen-bond acceptors (Lipinski definition) is 9. The number of anilines is 1. The number of ether oxygens (including phenoxy) is 2. The minimum Gasteiger partial charge on any atom is -0.494 e. The quantitative estimate of drug-likeness (QED) is 0.0920. The standard InChI is InChI=1S/C26H27N5O6S/c27-23(31-38(34,35)20-7-2-1-3-8-20)17-24(32)37-25(33)18-11-13-19(14-12-18)36-16-6-15-28-26-29-21-9-4-5-10-22(21)30-26/h1-5,7-14,23,31H,6,15-17,27H2,(H2,28,29,30)/t23-/m0/s1. The molecular weight excluding hydrogens is 510 g/mol. The molecule has 0 saturated carbocycles. The van der Waals surface area contributed by atoms with Crippen molar-refractivity contribution in [1.82, 2.24) is 14.7 Å². The van der Waals surface area contributed by atoms with E-state index in [4.69, 9.17) is 15.2 Å². The van der Waals surface area contributed by atoms with Gasteiger partial charge in [-0.1, -0.05) is 30.3 Å². The van der Waals surface area contributed by atoms with E-state index in [1.54, 1.807) is 30.3 Å². The molecule has 0 aliphatic carbocycles. The number of nitrogens with one attached hydrogen (secondary N) is 3. The summed E-state index contributed by atoms with van der Waals surface area (Å²) in [5.41, 5.74) is 7.71. The van der Waals surface area contributed by atoms with Crippen molar-refractivity contribution in [2.75, 3.05) is 18.5 Å². The van der Waals surface area contributed by atoms with Crippen LogP contribution in [0.15, 0.2) is 83.8 Å². The Morgan fingerprint density at radius 1 is 0.974 bits per heavy atom. The van der Waals surface area contributed by atoms with Crippen molar-refractivity contribution in [2.45, 2.75) is 23.9 Å². The normalized spacial score (nSPS) is 12.1. The van der Waals surface area contributed by atoms with Gasteiger partial charge in [-0.05, 0) is 55.0 Å². The minimum atomic E-state index is -3.91. The number of hydrogen-bond donors (Lipinski definition) is 4. The molecule has 0 saturated heterocycles. The number of para-hydroxylation sites is 2. The van der Waals surface area contributed by atoms with Crippen molar-refractivity contribution >= 4 is 38.9 Å². The first-order valence-corrected chi connectivity index (χ1v) is 13.3. The molecular formula is C26H27N5O6S. The first kappa shape index (κ1) is 26.8. The van der Waals surface area contributed by atoms with Gasteiger partial charge in [0.1, 0.15) is 5.75 Å². The van der Waals surface area contributed by atoms with Gasteiger partial charge in [0.15, 0.2) is 0 Å². The average Bonchev–Trinajstić information content (AvgIpc) is 3.32. The summed E-state index contributed by atoms with van der Waals surface area (Å²) >= 11 is 0. The maximum absolute atomic E-state index is 12.3. The fourth-order valence-corrected chi connectivity index (χ4v) is 4.62. The third-order valence-corrected chi connectivity index (χ3v) is 6.82. The maximum atomic E-state index is 12.3. The van der Waals surface area contributed by atoms with Crippen LogP contribution in [0.4, 0.5) is 5.95 Å². The first-order valence-electron chi connectivity index (χ1n) is 11.8. The van der Waals surface area contributed by atoms with E-state index in [2.05, 4.69) is 20.0 Å². The van der Waals surface area contributed by atoms with E-state index in [9.17, 15) is 18.0 Å². The van der Waals surface area contributed by atoms with Crippen molar-refractivity contribution in [3.05, 3.63) is 84.4 Å². The number of esters is 2. The van der Waals surface area contributed by atoms with Crippen molar-refractivity contribution in [1.29, 1.82) is 0 Å². The van der Waals surface area contributed by atoms with Crippen LogP contribution in [0.25, 0.3) is 11.0 Å². The Morgan fingerprint density at radius 2 is 1.68 bits per heavy atom. The number of carbonyl (C=O) groups is 2. The van der Waals surface area contributed by atoms with Gasteiger partial charge < -0.3 is 25.5 Å². The topological polar surface area (TPSA) is 166 Å². The summed E-state index contributed by atoms with van der Waals surface area (Å²) in [4.78, 5) is 32.0. The molecule has 0 fully saturated rings. The van der Waals surface area contributed by atoms with Crippen LogP contribution in [-0.4, -0.2) is 49.6 Å². The van der Waals surface area contributed by atoms with Gasteiger partial charge in [0.05, 0.1) is 40.7 Å². The highest BCUT2D eigenvalue weighted by atomic mass is 32.2. The molecule has 0 aliphatic rings. The zero-order valence-corrected chi connectivity index (χ0v) is 21.1. The lowest BCUT2D eigenvalue weighted by Crippen LogP contribution is -2.43. The highest BCUT2D eigenvalue weighted by Crippen LogP contribution is 2.15. The number of aromatic amines is 1.